The summed E-state index contributed by atoms with van der Waals surface area (Å²) in [4.78, 5) is 25.2. The Labute approximate surface area is 156 Å². The van der Waals surface area contributed by atoms with Crippen LogP contribution in [0.15, 0.2) is 60.9 Å². The van der Waals surface area contributed by atoms with Crippen molar-refractivity contribution < 1.29 is 9.59 Å². The highest BCUT2D eigenvalue weighted by molar-refractivity contribution is 6.01. The Bertz CT molecular complexity index is 909. The van der Waals surface area contributed by atoms with Crippen molar-refractivity contribution >= 4 is 17.5 Å². The van der Waals surface area contributed by atoms with Gasteiger partial charge in [0, 0.05) is 11.3 Å². The second-order valence-electron chi connectivity index (χ2n) is 6.36. The number of hydrogen-bond acceptors (Lipinski definition) is 5. The van der Waals surface area contributed by atoms with E-state index in [4.69, 9.17) is 0 Å². The van der Waals surface area contributed by atoms with Crippen LogP contribution in [0.4, 0.5) is 5.69 Å². The molecule has 27 heavy (non-hydrogen) atoms. The monoisotopic (exact) mass is 364 g/mol. The molecule has 0 aliphatic heterocycles. The molecule has 1 aromatic heterocycles. The Kier molecular flexibility index (Phi) is 5.55. The molecule has 0 spiro atoms. The van der Waals surface area contributed by atoms with Gasteiger partial charge in [-0.15, -0.1) is 5.10 Å². The van der Waals surface area contributed by atoms with E-state index in [-0.39, 0.29) is 17.7 Å². The lowest BCUT2D eigenvalue weighted by Gasteiger charge is -2.22. The zero-order chi connectivity index (χ0) is 19.2. The van der Waals surface area contributed by atoms with Crippen LogP contribution in [0, 0.1) is 5.92 Å². The maximum atomic E-state index is 12.7. The van der Waals surface area contributed by atoms with E-state index in [1.165, 1.54) is 11.0 Å². The van der Waals surface area contributed by atoms with Crippen molar-refractivity contribution in [2.24, 2.45) is 5.92 Å². The fourth-order valence-electron chi connectivity index (χ4n) is 2.57. The topological polar surface area (TPSA) is 102 Å². The zero-order valence-electron chi connectivity index (χ0n) is 15.0. The molecule has 1 atom stereocenters. The van der Waals surface area contributed by atoms with Crippen LogP contribution in [0.3, 0.4) is 0 Å². The Morgan fingerprint density at radius 2 is 1.81 bits per heavy atom. The van der Waals surface area contributed by atoms with Gasteiger partial charge >= 0.3 is 0 Å². The van der Waals surface area contributed by atoms with E-state index in [0.717, 1.165) is 0 Å². The average Bonchev–Trinajstić information content (AvgIpc) is 3.21. The average molecular weight is 364 g/mol. The number of nitrogens with zero attached hydrogens (tertiary/aromatic N) is 4. The fourth-order valence-corrected chi connectivity index (χ4v) is 2.57. The first-order valence-corrected chi connectivity index (χ1v) is 8.55. The van der Waals surface area contributed by atoms with Gasteiger partial charge in [0.05, 0.1) is 5.69 Å². The Hall–Kier alpha value is -3.55. The quantitative estimate of drug-likeness (QED) is 0.697. The molecule has 0 aliphatic carbocycles. The molecule has 0 bridgehead atoms. The fraction of sp³-hybridized carbons (Fsp3) is 0.211. The van der Waals surface area contributed by atoms with Gasteiger partial charge in [0.15, 0.2) is 0 Å². The number of tetrazole rings is 1. The molecule has 1 heterocycles. The van der Waals surface area contributed by atoms with Crippen molar-refractivity contribution in [1.82, 2.24) is 25.5 Å². The molecule has 8 heteroatoms. The second kappa shape index (κ2) is 8.22. The number of anilines is 1. The molecule has 0 saturated carbocycles. The highest BCUT2D eigenvalue weighted by atomic mass is 16.2. The lowest BCUT2D eigenvalue weighted by atomic mass is 10.0. The highest BCUT2D eigenvalue weighted by Crippen LogP contribution is 2.15. The number of carbonyl (C=O) groups excluding carboxylic acids is 2. The van der Waals surface area contributed by atoms with Crippen molar-refractivity contribution in [2.45, 2.75) is 19.9 Å². The number of rotatable bonds is 6. The summed E-state index contributed by atoms with van der Waals surface area (Å²) in [5.41, 5.74) is 1.82. The lowest BCUT2D eigenvalue weighted by molar-refractivity contribution is -0.118. The molecule has 0 fully saturated rings. The minimum atomic E-state index is -0.672. The predicted molar refractivity (Wildman–Crippen MR) is 100 cm³/mol. The summed E-state index contributed by atoms with van der Waals surface area (Å²) in [5.74, 6) is -0.657. The molecule has 0 saturated heterocycles. The Morgan fingerprint density at radius 1 is 1.04 bits per heavy atom. The lowest BCUT2D eigenvalue weighted by Crippen LogP contribution is -2.47. The van der Waals surface area contributed by atoms with E-state index in [9.17, 15) is 9.59 Å². The van der Waals surface area contributed by atoms with Crippen LogP contribution in [0.2, 0.25) is 0 Å². The van der Waals surface area contributed by atoms with E-state index in [2.05, 4.69) is 26.2 Å². The van der Waals surface area contributed by atoms with Crippen molar-refractivity contribution in [1.29, 1.82) is 0 Å². The number of carbonyl (C=O) groups is 2. The Morgan fingerprint density at radius 3 is 2.48 bits per heavy atom. The molecule has 2 N–H and O–H groups in total. The maximum absolute atomic E-state index is 12.7. The normalized spacial score (nSPS) is 11.8. The predicted octanol–water partition coefficient (Wildman–Crippen LogP) is 2.06. The van der Waals surface area contributed by atoms with E-state index in [1.54, 1.807) is 42.5 Å². The van der Waals surface area contributed by atoms with Crippen LogP contribution in [-0.4, -0.2) is 38.1 Å². The van der Waals surface area contributed by atoms with E-state index in [0.29, 0.717) is 16.9 Å². The molecular formula is C19H20N6O2. The van der Waals surface area contributed by atoms with Gasteiger partial charge in [-0.2, -0.15) is 0 Å². The third-order valence-electron chi connectivity index (χ3n) is 4.00. The van der Waals surface area contributed by atoms with Crippen LogP contribution in [-0.2, 0) is 4.79 Å². The van der Waals surface area contributed by atoms with Gasteiger partial charge in [0.2, 0.25) is 5.91 Å². The van der Waals surface area contributed by atoms with Gasteiger partial charge in [0.1, 0.15) is 12.4 Å². The number of amides is 2. The first-order chi connectivity index (χ1) is 13.0. The van der Waals surface area contributed by atoms with Crippen LogP contribution in [0.1, 0.15) is 24.2 Å². The smallest absolute Gasteiger partial charge is 0.251 e. The number of nitrogens with one attached hydrogen (secondary N) is 2. The molecule has 3 aromatic rings. The van der Waals surface area contributed by atoms with E-state index in [1.807, 2.05) is 26.0 Å². The van der Waals surface area contributed by atoms with Gasteiger partial charge < -0.3 is 10.6 Å². The highest BCUT2D eigenvalue weighted by Gasteiger charge is 2.24. The first kappa shape index (κ1) is 18.2. The summed E-state index contributed by atoms with van der Waals surface area (Å²) in [6.07, 6.45) is 1.47. The summed E-state index contributed by atoms with van der Waals surface area (Å²) in [5, 5.41) is 16.7. The van der Waals surface area contributed by atoms with E-state index < -0.39 is 6.04 Å². The zero-order valence-corrected chi connectivity index (χ0v) is 15.0. The number of benzene rings is 2. The minimum absolute atomic E-state index is 0.0830. The molecule has 2 aromatic carbocycles. The summed E-state index contributed by atoms with van der Waals surface area (Å²) in [6, 6.07) is 15.3. The van der Waals surface area contributed by atoms with Crippen LogP contribution in [0.25, 0.3) is 5.69 Å². The molecule has 138 valence electrons. The van der Waals surface area contributed by atoms with Crippen molar-refractivity contribution in [3.05, 3.63) is 66.5 Å². The molecule has 0 unspecified atom stereocenters. The van der Waals surface area contributed by atoms with Crippen molar-refractivity contribution in [3.63, 3.8) is 0 Å². The standard InChI is InChI=1S/C19H20N6O2/c1-13(2)17(22-18(26)14-7-4-3-5-8-14)19(27)21-15-9-6-10-16(11-15)25-12-20-23-24-25/h3-13,17H,1-2H3,(H,21,27)(H,22,26)/t17-/m1/s1. The van der Waals surface area contributed by atoms with Crippen LogP contribution in [0.5, 0.6) is 0 Å². The van der Waals surface area contributed by atoms with Crippen molar-refractivity contribution in [3.8, 4) is 5.69 Å². The largest absolute Gasteiger partial charge is 0.340 e. The summed E-state index contributed by atoms with van der Waals surface area (Å²) >= 11 is 0. The van der Waals surface area contributed by atoms with Gasteiger partial charge in [-0.3, -0.25) is 9.59 Å². The molecule has 2 amide bonds. The molecule has 0 radical (unpaired) electrons. The van der Waals surface area contributed by atoms with Crippen molar-refractivity contribution in [2.75, 3.05) is 5.32 Å². The second-order valence-corrected chi connectivity index (χ2v) is 6.36. The van der Waals surface area contributed by atoms with E-state index >= 15 is 0 Å². The SMILES string of the molecule is CC(C)[C@@H](NC(=O)c1ccccc1)C(=O)Nc1cccc(-n2cnnn2)c1. The molecule has 0 aliphatic rings. The van der Waals surface area contributed by atoms with Gasteiger partial charge in [-0.1, -0.05) is 38.1 Å². The third kappa shape index (κ3) is 4.55. The number of aromatic nitrogens is 4. The maximum Gasteiger partial charge on any atom is 0.251 e. The van der Waals surface area contributed by atoms with Gasteiger partial charge in [-0.05, 0) is 46.7 Å². The first-order valence-electron chi connectivity index (χ1n) is 8.55. The van der Waals surface area contributed by atoms with Gasteiger partial charge in [-0.25, -0.2) is 4.68 Å². The summed E-state index contributed by atoms with van der Waals surface area (Å²) in [6.45, 7) is 3.76. The van der Waals surface area contributed by atoms with Crippen LogP contribution >= 0.6 is 0 Å². The number of hydrogen-bond donors (Lipinski definition) is 2. The van der Waals surface area contributed by atoms with Crippen LogP contribution < -0.4 is 10.6 Å². The molecule has 8 nitrogen and oxygen atoms in total. The molecule has 3 rings (SSSR count). The summed E-state index contributed by atoms with van der Waals surface area (Å²) < 4.78 is 1.49. The third-order valence-corrected chi connectivity index (χ3v) is 4.00. The minimum Gasteiger partial charge on any atom is -0.340 e. The summed E-state index contributed by atoms with van der Waals surface area (Å²) in [7, 11) is 0. The Balaban J connectivity index is 1.72. The molecular weight excluding hydrogens is 344 g/mol. The van der Waals surface area contributed by atoms with Gasteiger partial charge in [0.25, 0.3) is 5.91 Å².